The van der Waals surface area contributed by atoms with E-state index in [1.54, 1.807) is 16.9 Å². The Morgan fingerprint density at radius 3 is 2.50 bits per heavy atom. The second-order valence-electron chi connectivity index (χ2n) is 3.88. The Balaban J connectivity index is 2.04. The summed E-state index contributed by atoms with van der Waals surface area (Å²) >= 11 is 0. The Hall–Kier alpha value is -1.97. The SMILES string of the molecule is Cc1cc(C)cc(OCn2ccc(N)n2)c1. The third kappa shape index (κ3) is 2.53. The predicted molar refractivity (Wildman–Crippen MR) is 63.2 cm³/mol. The van der Waals surface area contributed by atoms with Gasteiger partial charge in [0.1, 0.15) is 11.6 Å². The van der Waals surface area contributed by atoms with E-state index < -0.39 is 0 Å². The Bertz CT molecular complexity index is 471. The number of benzene rings is 1. The van der Waals surface area contributed by atoms with Crippen molar-refractivity contribution in [2.45, 2.75) is 20.6 Å². The zero-order valence-corrected chi connectivity index (χ0v) is 9.47. The number of hydrogen-bond acceptors (Lipinski definition) is 3. The van der Waals surface area contributed by atoms with Crippen LogP contribution < -0.4 is 10.5 Å². The molecule has 0 aliphatic carbocycles. The van der Waals surface area contributed by atoms with E-state index >= 15 is 0 Å². The lowest BCUT2D eigenvalue weighted by Crippen LogP contribution is -2.06. The maximum Gasteiger partial charge on any atom is 0.180 e. The van der Waals surface area contributed by atoms with Gasteiger partial charge in [-0.05, 0) is 37.1 Å². The number of aromatic nitrogens is 2. The molecule has 0 atom stereocenters. The van der Waals surface area contributed by atoms with Gasteiger partial charge in [-0.2, -0.15) is 5.10 Å². The highest BCUT2D eigenvalue weighted by Gasteiger charge is 1.98. The summed E-state index contributed by atoms with van der Waals surface area (Å²) < 4.78 is 7.27. The van der Waals surface area contributed by atoms with Gasteiger partial charge in [0.15, 0.2) is 6.73 Å². The highest BCUT2D eigenvalue weighted by atomic mass is 16.5. The molecule has 0 bridgehead atoms. The molecular weight excluding hydrogens is 202 g/mol. The first-order valence-electron chi connectivity index (χ1n) is 5.13. The fourth-order valence-electron chi connectivity index (χ4n) is 1.61. The number of anilines is 1. The average Bonchev–Trinajstić information content (AvgIpc) is 2.60. The molecule has 0 aliphatic rings. The molecule has 2 aromatic rings. The molecule has 0 aliphatic heterocycles. The van der Waals surface area contributed by atoms with Crippen molar-refractivity contribution in [2.24, 2.45) is 0 Å². The van der Waals surface area contributed by atoms with Gasteiger partial charge in [0.05, 0.1) is 0 Å². The number of hydrogen-bond donors (Lipinski definition) is 1. The van der Waals surface area contributed by atoms with Crippen molar-refractivity contribution in [3.8, 4) is 5.75 Å². The molecule has 0 radical (unpaired) electrons. The number of nitrogen functional groups attached to an aromatic ring is 1. The molecule has 4 heteroatoms. The molecule has 0 unspecified atom stereocenters. The van der Waals surface area contributed by atoms with Crippen LogP contribution in [0.25, 0.3) is 0 Å². The van der Waals surface area contributed by atoms with Crippen LogP contribution >= 0.6 is 0 Å². The Morgan fingerprint density at radius 1 is 1.25 bits per heavy atom. The molecule has 0 spiro atoms. The lowest BCUT2D eigenvalue weighted by molar-refractivity contribution is 0.221. The maximum absolute atomic E-state index is 5.61. The molecule has 0 amide bonds. The van der Waals surface area contributed by atoms with Crippen molar-refractivity contribution in [1.82, 2.24) is 9.78 Å². The summed E-state index contributed by atoms with van der Waals surface area (Å²) in [5.74, 6) is 1.36. The summed E-state index contributed by atoms with van der Waals surface area (Å²) in [6.45, 7) is 4.47. The summed E-state index contributed by atoms with van der Waals surface area (Å²) in [6.07, 6.45) is 1.79. The van der Waals surface area contributed by atoms with Crippen LogP contribution in [0.5, 0.6) is 5.75 Å². The van der Waals surface area contributed by atoms with Crippen LogP contribution in [-0.2, 0) is 6.73 Å². The number of ether oxygens (including phenoxy) is 1. The molecule has 1 aromatic heterocycles. The van der Waals surface area contributed by atoms with E-state index in [2.05, 4.69) is 11.2 Å². The van der Waals surface area contributed by atoms with Gasteiger partial charge >= 0.3 is 0 Å². The number of nitrogens with zero attached hydrogens (tertiary/aromatic N) is 2. The summed E-state index contributed by atoms with van der Waals surface area (Å²) in [5.41, 5.74) is 7.89. The van der Waals surface area contributed by atoms with E-state index in [1.807, 2.05) is 26.0 Å². The molecule has 84 valence electrons. The van der Waals surface area contributed by atoms with Crippen LogP contribution in [-0.4, -0.2) is 9.78 Å². The largest absolute Gasteiger partial charge is 0.471 e. The monoisotopic (exact) mass is 217 g/mol. The van der Waals surface area contributed by atoms with Gasteiger partial charge in [0.2, 0.25) is 0 Å². The first kappa shape index (κ1) is 10.5. The van der Waals surface area contributed by atoms with E-state index in [0.29, 0.717) is 12.5 Å². The Morgan fingerprint density at radius 2 is 1.94 bits per heavy atom. The van der Waals surface area contributed by atoms with Crippen LogP contribution in [0.3, 0.4) is 0 Å². The molecule has 0 saturated heterocycles. The maximum atomic E-state index is 5.61. The van der Waals surface area contributed by atoms with E-state index in [9.17, 15) is 0 Å². The third-order valence-electron chi connectivity index (χ3n) is 2.22. The standard InChI is InChI=1S/C12H15N3O/c1-9-5-10(2)7-11(6-9)16-8-15-4-3-12(13)14-15/h3-7H,8H2,1-2H3,(H2,13,14). The second kappa shape index (κ2) is 4.26. The normalized spacial score (nSPS) is 10.4. The van der Waals surface area contributed by atoms with Crippen molar-refractivity contribution < 1.29 is 4.74 Å². The Kier molecular flexibility index (Phi) is 2.81. The topological polar surface area (TPSA) is 53.1 Å². The minimum atomic E-state index is 0.375. The van der Waals surface area contributed by atoms with Crippen molar-refractivity contribution >= 4 is 5.82 Å². The van der Waals surface area contributed by atoms with E-state index in [4.69, 9.17) is 10.5 Å². The molecule has 1 aromatic carbocycles. The minimum absolute atomic E-state index is 0.375. The van der Waals surface area contributed by atoms with Crippen LogP contribution in [0.15, 0.2) is 30.5 Å². The smallest absolute Gasteiger partial charge is 0.180 e. The van der Waals surface area contributed by atoms with Crippen molar-refractivity contribution in [1.29, 1.82) is 0 Å². The van der Waals surface area contributed by atoms with Gasteiger partial charge in [-0.15, -0.1) is 0 Å². The van der Waals surface area contributed by atoms with Gasteiger partial charge in [-0.25, -0.2) is 4.68 Å². The highest BCUT2D eigenvalue weighted by Crippen LogP contribution is 2.16. The number of rotatable bonds is 3. The van der Waals surface area contributed by atoms with Gasteiger partial charge in [-0.3, -0.25) is 0 Å². The fourth-order valence-corrected chi connectivity index (χ4v) is 1.61. The minimum Gasteiger partial charge on any atom is -0.471 e. The fraction of sp³-hybridized carbons (Fsp3) is 0.250. The quantitative estimate of drug-likeness (QED) is 0.856. The van der Waals surface area contributed by atoms with Crippen LogP contribution in [0.1, 0.15) is 11.1 Å². The van der Waals surface area contributed by atoms with Gasteiger partial charge < -0.3 is 10.5 Å². The lowest BCUT2D eigenvalue weighted by Gasteiger charge is -2.08. The highest BCUT2D eigenvalue weighted by molar-refractivity contribution is 5.32. The molecule has 2 rings (SSSR count). The van der Waals surface area contributed by atoms with Crippen LogP contribution in [0.2, 0.25) is 0 Å². The average molecular weight is 217 g/mol. The molecule has 0 saturated carbocycles. The van der Waals surface area contributed by atoms with Crippen molar-refractivity contribution in [3.05, 3.63) is 41.6 Å². The van der Waals surface area contributed by atoms with E-state index in [0.717, 1.165) is 5.75 Å². The third-order valence-corrected chi connectivity index (χ3v) is 2.22. The molecule has 1 heterocycles. The first-order chi connectivity index (χ1) is 7.63. The summed E-state index contributed by atoms with van der Waals surface area (Å²) in [5, 5.41) is 4.04. The van der Waals surface area contributed by atoms with Crippen LogP contribution in [0.4, 0.5) is 5.82 Å². The second-order valence-corrected chi connectivity index (χ2v) is 3.88. The van der Waals surface area contributed by atoms with Gasteiger partial charge in [0.25, 0.3) is 0 Å². The zero-order chi connectivity index (χ0) is 11.5. The number of nitrogens with two attached hydrogens (primary N) is 1. The molecule has 0 fully saturated rings. The Labute approximate surface area is 94.6 Å². The summed E-state index contributed by atoms with van der Waals surface area (Å²) in [4.78, 5) is 0. The predicted octanol–water partition coefficient (Wildman–Crippen LogP) is 2.12. The van der Waals surface area contributed by atoms with Gasteiger partial charge in [-0.1, -0.05) is 6.07 Å². The van der Waals surface area contributed by atoms with Gasteiger partial charge in [0, 0.05) is 12.3 Å². The number of aryl methyl sites for hydroxylation is 2. The molecular formula is C12H15N3O. The first-order valence-corrected chi connectivity index (χ1v) is 5.13. The molecule has 2 N–H and O–H groups in total. The molecule has 16 heavy (non-hydrogen) atoms. The lowest BCUT2D eigenvalue weighted by atomic mass is 10.1. The summed E-state index contributed by atoms with van der Waals surface area (Å²) in [6, 6.07) is 7.85. The van der Waals surface area contributed by atoms with Crippen molar-refractivity contribution in [3.63, 3.8) is 0 Å². The summed E-state index contributed by atoms with van der Waals surface area (Å²) in [7, 11) is 0. The van der Waals surface area contributed by atoms with E-state index in [1.165, 1.54) is 11.1 Å². The van der Waals surface area contributed by atoms with E-state index in [-0.39, 0.29) is 0 Å². The zero-order valence-electron chi connectivity index (χ0n) is 9.47. The van der Waals surface area contributed by atoms with Crippen molar-refractivity contribution in [2.75, 3.05) is 5.73 Å². The molecule has 4 nitrogen and oxygen atoms in total. The van der Waals surface area contributed by atoms with Crippen LogP contribution in [0, 0.1) is 13.8 Å².